The minimum Gasteiger partial charge on any atom is -0.503 e. The van der Waals surface area contributed by atoms with E-state index >= 15 is 0 Å². The predicted octanol–water partition coefficient (Wildman–Crippen LogP) is 1.97. The van der Waals surface area contributed by atoms with Crippen LogP contribution < -0.4 is 10.3 Å². The third-order valence-electron chi connectivity index (χ3n) is 2.57. The smallest absolute Gasteiger partial charge is 0.290 e. The average Bonchev–Trinajstić information content (AvgIpc) is 2.36. The number of benzene rings is 1. The molecule has 2 rings (SSSR count). The van der Waals surface area contributed by atoms with E-state index in [1.807, 2.05) is 30.3 Å². The molecule has 0 saturated heterocycles. The Kier molecular flexibility index (Phi) is 3.14. The predicted molar refractivity (Wildman–Crippen MR) is 64.2 cm³/mol. The van der Waals surface area contributed by atoms with Crippen molar-refractivity contribution >= 4 is 0 Å². The first-order valence-corrected chi connectivity index (χ1v) is 5.26. The van der Waals surface area contributed by atoms with Crippen LogP contribution >= 0.6 is 0 Å². The van der Waals surface area contributed by atoms with Gasteiger partial charge in [0.05, 0.1) is 0 Å². The molecule has 0 fully saturated rings. The molecular weight excluding hydrogens is 218 g/mol. The van der Waals surface area contributed by atoms with E-state index < -0.39 is 5.56 Å². The number of rotatable bonds is 3. The Morgan fingerprint density at radius 1 is 1.29 bits per heavy atom. The molecule has 0 aliphatic heterocycles. The Morgan fingerprint density at radius 2 is 2.00 bits per heavy atom. The van der Waals surface area contributed by atoms with E-state index in [0.717, 1.165) is 11.3 Å². The lowest BCUT2D eigenvalue weighted by atomic mass is 10.1. The summed E-state index contributed by atoms with van der Waals surface area (Å²) in [7, 11) is 0. The van der Waals surface area contributed by atoms with Crippen LogP contribution in [0.1, 0.15) is 11.1 Å². The molecule has 1 aromatic carbocycles. The summed E-state index contributed by atoms with van der Waals surface area (Å²) in [6.45, 7) is 1.99. The van der Waals surface area contributed by atoms with Crippen molar-refractivity contribution in [2.24, 2.45) is 0 Å². The highest BCUT2D eigenvalue weighted by atomic mass is 16.5. The zero-order valence-electron chi connectivity index (χ0n) is 9.43. The van der Waals surface area contributed by atoms with Gasteiger partial charge in [-0.05, 0) is 19.1 Å². The number of nitrogens with one attached hydrogen (secondary N) is 1. The van der Waals surface area contributed by atoms with Crippen molar-refractivity contribution in [3.63, 3.8) is 0 Å². The SMILES string of the molecule is Cc1c(COc2ccccc2)c[nH]c(=O)c1O. The summed E-state index contributed by atoms with van der Waals surface area (Å²) in [4.78, 5) is 13.6. The van der Waals surface area contributed by atoms with Gasteiger partial charge in [0.25, 0.3) is 5.56 Å². The molecule has 0 aliphatic carbocycles. The highest BCUT2D eigenvalue weighted by Crippen LogP contribution is 2.17. The van der Waals surface area contributed by atoms with E-state index in [9.17, 15) is 9.90 Å². The van der Waals surface area contributed by atoms with Crippen LogP contribution in [-0.2, 0) is 6.61 Å². The zero-order chi connectivity index (χ0) is 12.3. The minimum atomic E-state index is -0.481. The molecule has 0 amide bonds. The monoisotopic (exact) mass is 231 g/mol. The fraction of sp³-hybridized carbons (Fsp3) is 0.154. The van der Waals surface area contributed by atoms with Gasteiger partial charge < -0.3 is 14.8 Å². The molecular formula is C13H13NO3. The van der Waals surface area contributed by atoms with Crippen molar-refractivity contribution < 1.29 is 9.84 Å². The second-order valence-electron chi connectivity index (χ2n) is 3.72. The van der Waals surface area contributed by atoms with Crippen LogP contribution in [0, 0.1) is 6.92 Å². The number of H-pyrrole nitrogens is 1. The van der Waals surface area contributed by atoms with Crippen LogP contribution in [0.2, 0.25) is 0 Å². The Hall–Kier alpha value is -2.23. The molecule has 0 bridgehead atoms. The summed E-state index contributed by atoms with van der Waals surface area (Å²) >= 11 is 0. The maximum Gasteiger partial charge on any atom is 0.290 e. The summed E-state index contributed by atoms with van der Waals surface area (Å²) in [6.07, 6.45) is 1.56. The molecule has 0 aliphatic rings. The van der Waals surface area contributed by atoms with Crippen LogP contribution in [0.5, 0.6) is 11.5 Å². The number of aromatic amines is 1. The maximum absolute atomic E-state index is 11.1. The number of pyridine rings is 1. The van der Waals surface area contributed by atoms with Crippen LogP contribution in [0.25, 0.3) is 0 Å². The van der Waals surface area contributed by atoms with Crippen molar-refractivity contribution in [2.75, 3.05) is 0 Å². The van der Waals surface area contributed by atoms with Crippen molar-refractivity contribution in [1.82, 2.24) is 4.98 Å². The molecule has 88 valence electrons. The second-order valence-corrected chi connectivity index (χ2v) is 3.72. The number of ether oxygens (including phenoxy) is 1. The van der Waals surface area contributed by atoms with E-state index in [1.165, 1.54) is 0 Å². The fourth-order valence-electron chi connectivity index (χ4n) is 1.48. The topological polar surface area (TPSA) is 62.3 Å². The van der Waals surface area contributed by atoms with Crippen LogP contribution in [0.3, 0.4) is 0 Å². The van der Waals surface area contributed by atoms with Crippen LogP contribution in [0.15, 0.2) is 41.3 Å². The average molecular weight is 231 g/mol. The van der Waals surface area contributed by atoms with Crippen molar-refractivity contribution in [1.29, 1.82) is 0 Å². The quantitative estimate of drug-likeness (QED) is 0.848. The number of para-hydroxylation sites is 1. The molecule has 1 heterocycles. The number of aromatic hydroxyl groups is 1. The molecule has 0 unspecified atom stereocenters. The molecule has 1 aromatic heterocycles. The van der Waals surface area contributed by atoms with E-state index in [4.69, 9.17) is 4.74 Å². The Balaban J connectivity index is 2.15. The molecule has 4 nitrogen and oxygen atoms in total. The van der Waals surface area contributed by atoms with Gasteiger partial charge in [0.2, 0.25) is 0 Å². The lowest BCUT2D eigenvalue weighted by Gasteiger charge is -2.08. The highest BCUT2D eigenvalue weighted by Gasteiger charge is 2.07. The van der Waals surface area contributed by atoms with Gasteiger partial charge in [0.15, 0.2) is 5.75 Å². The molecule has 4 heteroatoms. The first kappa shape index (κ1) is 11.3. The third-order valence-corrected chi connectivity index (χ3v) is 2.57. The molecule has 17 heavy (non-hydrogen) atoms. The minimum absolute atomic E-state index is 0.251. The second kappa shape index (κ2) is 4.74. The highest BCUT2D eigenvalue weighted by molar-refractivity contribution is 5.34. The van der Waals surface area contributed by atoms with E-state index in [1.54, 1.807) is 13.1 Å². The summed E-state index contributed by atoms with van der Waals surface area (Å²) in [6, 6.07) is 9.37. The lowest BCUT2D eigenvalue weighted by molar-refractivity contribution is 0.303. The van der Waals surface area contributed by atoms with Gasteiger partial charge in [0, 0.05) is 17.3 Å². The van der Waals surface area contributed by atoms with Crippen LogP contribution in [-0.4, -0.2) is 10.1 Å². The molecule has 0 saturated carbocycles. The summed E-state index contributed by atoms with van der Waals surface area (Å²) in [5.41, 5.74) is 0.821. The first-order valence-electron chi connectivity index (χ1n) is 5.26. The molecule has 0 radical (unpaired) electrons. The first-order chi connectivity index (χ1) is 8.18. The van der Waals surface area contributed by atoms with Gasteiger partial charge in [0.1, 0.15) is 12.4 Å². The van der Waals surface area contributed by atoms with E-state index in [2.05, 4.69) is 4.98 Å². The standard InChI is InChI=1S/C13H13NO3/c1-9-10(7-14-13(16)12(9)15)8-17-11-5-3-2-4-6-11/h2-7,15H,8H2,1H3,(H,14,16). The Labute approximate surface area is 98.5 Å². The largest absolute Gasteiger partial charge is 0.503 e. The molecule has 0 spiro atoms. The Bertz CT molecular complexity index is 561. The third kappa shape index (κ3) is 2.47. The Morgan fingerprint density at radius 3 is 2.71 bits per heavy atom. The number of aromatic nitrogens is 1. The normalized spacial score (nSPS) is 10.2. The maximum atomic E-state index is 11.1. The van der Waals surface area contributed by atoms with Crippen molar-refractivity contribution in [2.45, 2.75) is 13.5 Å². The molecule has 0 atom stereocenters. The van der Waals surface area contributed by atoms with Crippen LogP contribution in [0.4, 0.5) is 0 Å². The van der Waals surface area contributed by atoms with Gasteiger partial charge >= 0.3 is 0 Å². The molecule has 2 aromatic rings. The van der Waals surface area contributed by atoms with Gasteiger partial charge in [-0.2, -0.15) is 0 Å². The summed E-state index contributed by atoms with van der Waals surface area (Å²) in [5, 5.41) is 9.49. The summed E-state index contributed by atoms with van der Waals surface area (Å²) in [5.74, 6) is 0.497. The number of hydrogen-bond donors (Lipinski definition) is 2. The van der Waals surface area contributed by atoms with Gasteiger partial charge in [-0.25, -0.2) is 0 Å². The van der Waals surface area contributed by atoms with Gasteiger partial charge in [-0.15, -0.1) is 0 Å². The lowest BCUT2D eigenvalue weighted by Crippen LogP contribution is -2.09. The summed E-state index contributed by atoms with van der Waals surface area (Å²) < 4.78 is 5.53. The van der Waals surface area contributed by atoms with E-state index in [-0.39, 0.29) is 5.75 Å². The zero-order valence-corrected chi connectivity index (χ0v) is 9.43. The van der Waals surface area contributed by atoms with Gasteiger partial charge in [-0.1, -0.05) is 18.2 Å². The van der Waals surface area contributed by atoms with Crippen molar-refractivity contribution in [3.8, 4) is 11.5 Å². The fourth-order valence-corrected chi connectivity index (χ4v) is 1.48. The van der Waals surface area contributed by atoms with E-state index in [0.29, 0.717) is 12.2 Å². The molecule has 2 N–H and O–H groups in total. The van der Waals surface area contributed by atoms with Crippen molar-refractivity contribution in [3.05, 3.63) is 58.0 Å². The number of hydrogen-bond acceptors (Lipinski definition) is 3. The van der Waals surface area contributed by atoms with Gasteiger partial charge in [-0.3, -0.25) is 4.79 Å².